The first-order valence-corrected chi connectivity index (χ1v) is 6.87. The van der Waals surface area contributed by atoms with Gasteiger partial charge in [0.2, 0.25) is 0 Å². The molecular formula is C15H11ClF2N2O3. The molecule has 2 rings (SSSR count). The Bertz CT molecular complexity index is 783. The maximum Gasteiger partial charge on any atom is 0.288 e. The van der Waals surface area contributed by atoms with Crippen molar-refractivity contribution >= 4 is 23.2 Å². The summed E-state index contributed by atoms with van der Waals surface area (Å²) >= 11 is 5.67. The number of carbonyl (C=O) groups excluding carboxylic acids is 1. The summed E-state index contributed by atoms with van der Waals surface area (Å²) in [4.78, 5) is 22.2. The van der Waals surface area contributed by atoms with Crippen molar-refractivity contribution in [3.05, 3.63) is 74.3 Å². The topological polar surface area (TPSA) is 72.2 Å². The van der Waals surface area contributed by atoms with Gasteiger partial charge in [-0.2, -0.15) is 0 Å². The molecule has 0 fully saturated rings. The Labute approximate surface area is 135 Å². The van der Waals surface area contributed by atoms with Crippen molar-refractivity contribution in [3.8, 4) is 0 Å². The van der Waals surface area contributed by atoms with Crippen molar-refractivity contribution in [1.29, 1.82) is 0 Å². The Kier molecular flexibility index (Phi) is 4.90. The Balaban J connectivity index is 2.21. The van der Waals surface area contributed by atoms with Crippen molar-refractivity contribution in [2.75, 3.05) is 0 Å². The Morgan fingerprint density at radius 2 is 1.96 bits per heavy atom. The second kappa shape index (κ2) is 6.70. The van der Waals surface area contributed by atoms with Gasteiger partial charge >= 0.3 is 0 Å². The number of carbonyl (C=O) groups is 1. The summed E-state index contributed by atoms with van der Waals surface area (Å²) in [5, 5.41) is 13.2. The van der Waals surface area contributed by atoms with Gasteiger partial charge in [0.1, 0.15) is 16.7 Å². The number of hydrogen-bond acceptors (Lipinski definition) is 3. The van der Waals surface area contributed by atoms with Crippen LogP contribution in [0.25, 0.3) is 0 Å². The fraction of sp³-hybridized carbons (Fsp3) is 0.133. The average Bonchev–Trinajstić information content (AvgIpc) is 2.46. The molecule has 23 heavy (non-hydrogen) atoms. The van der Waals surface area contributed by atoms with Crippen LogP contribution < -0.4 is 5.32 Å². The van der Waals surface area contributed by atoms with E-state index in [1.54, 1.807) is 0 Å². The molecule has 0 aliphatic rings. The molecule has 0 saturated heterocycles. The zero-order chi connectivity index (χ0) is 17.1. The minimum Gasteiger partial charge on any atom is -0.345 e. The van der Waals surface area contributed by atoms with Crippen molar-refractivity contribution in [2.24, 2.45) is 0 Å². The molecular weight excluding hydrogens is 330 g/mol. The van der Waals surface area contributed by atoms with Crippen molar-refractivity contribution in [3.63, 3.8) is 0 Å². The van der Waals surface area contributed by atoms with Gasteiger partial charge in [-0.25, -0.2) is 8.78 Å². The van der Waals surface area contributed by atoms with Gasteiger partial charge < -0.3 is 5.32 Å². The van der Waals surface area contributed by atoms with Gasteiger partial charge in [-0.3, -0.25) is 14.9 Å². The Hall–Kier alpha value is -2.54. The molecule has 1 unspecified atom stereocenters. The number of nitro benzene ring substituents is 1. The molecule has 0 heterocycles. The third kappa shape index (κ3) is 3.81. The van der Waals surface area contributed by atoms with Crippen LogP contribution in [0.1, 0.15) is 28.9 Å². The lowest BCUT2D eigenvalue weighted by molar-refractivity contribution is -0.384. The van der Waals surface area contributed by atoms with Gasteiger partial charge in [-0.05, 0) is 25.1 Å². The molecule has 5 nitrogen and oxygen atoms in total. The van der Waals surface area contributed by atoms with E-state index in [-0.39, 0.29) is 16.1 Å². The number of amides is 1. The standard InChI is InChI=1S/C15H11ClF2N2O3/c1-8(11-4-3-10(17)7-13(11)18)19-15(21)9-2-5-12(16)14(6-9)20(22)23/h2-8H,1H3,(H,19,21). The molecule has 0 radical (unpaired) electrons. The highest BCUT2D eigenvalue weighted by molar-refractivity contribution is 6.32. The largest absolute Gasteiger partial charge is 0.345 e. The van der Waals surface area contributed by atoms with Crippen LogP contribution in [-0.2, 0) is 0 Å². The van der Waals surface area contributed by atoms with Crippen LogP contribution in [0.4, 0.5) is 14.5 Å². The molecule has 0 spiro atoms. The third-order valence-electron chi connectivity index (χ3n) is 3.18. The van der Waals surface area contributed by atoms with Gasteiger partial charge in [-0.15, -0.1) is 0 Å². The van der Waals surface area contributed by atoms with E-state index >= 15 is 0 Å². The van der Waals surface area contributed by atoms with E-state index in [0.717, 1.165) is 12.1 Å². The van der Waals surface area contributed by atoms with Gasteiger partial charge in [0, 0.05) is 23.3 Å². The second-order valence-corrected chi connectivity index (χ2v) is 5.19. The molecule has 0 aliphatic heterocycles. The summed E-state index contributed by atoms with van der Waals surface area (Å²) in [6, 6.07) is 5.85. The molecule has 0 aliphatic carbocycles. The zero-order valence-electron chi connectivity index (χ0n) is 11.8. The van der Waals surface area contributed by atoms with E-state index < -0.39 is 34.2 Å². The first kappa shape index (κ1) is 16.8. The first-order chi connectivity index (χ1) is 10.8. The van der Waals surface area contributed by atoms with Crippen LogP contribution in [0.3, 0.4) is 0 Å². The van der Waals surface area contributed by atoms with Crippen LogP contribution in [0.5, 0.6) is 0 Å². The van der Waals surface area contributed by atoms with Crippen LogP contribution in [0, 0.1) is 21.7 Å². The van der Waals surface area contributed by atoms with Crippen molar-refractivity contribution in [2.45, 2.75) is 13.0 Å². The van der Waals surface area contributed by atoms with Gasteiger partial charge in [0.25, 0.3) is 11.6 Å². The summed E-state index contributed by atoms with van der Waals surface area (Å²) in [6.45, 7) is 1.51. The highest BCUT2D eigenvalue weighted by Gasteiger charge is 2.19. The maximum absolute atomic E-state index is 13.7. The fourth-order valence-electron chi connectivity index (χ4n) is 2.00. The summed E-state index contributed by atoms with van der Waals surface area (Å²) in [7, 11) is 0. The van der Waals surface area contributed by atoms with Gasteiger partial charge in [0.15, 0.2) is 0 Å². The average molecular weight is 341 g/mol. The van der Waals surface area contributed by atoms with E-state index in [1.165, 1.54) is 25.1 Å². The highest BCUT2D eigenvalue weighted by Crippen LogP contribution is 2.25. The van der Waals surface area contributed by atoms with Crippen LogP contribution in [0.2, 0.25) is 5.02 Å². The normalized spacial score (nSPS) is 11.8. The van der Waals surface area contributed by atoms with E-state index in [4.69, 9.17) is 11.6 Å². The molecule has 2 aromatic carbocycles. The van der Waals surface area contributed by atoms with Crippen molar-refractivity contribution in [1.82, 2.24) is 5.32 Å². The SMILES string of the molecule is CC(NC(=O)c1ccc(Cl)c([N+](=O)[O-])c1)c1ccc(F)cc1F. The summed E-state index contributed by atoms with van der Waals surface area (Å²) < 4.78 is 26.6. The van der Waals surface area contributed by atoms with E-state index in [0.29, 0.717) is 6.07 Å². The molecule has 120 valence electrons. The lowest BCUT2D eigenvalue weighted by Crippen LogP contribution is -2.27. The molecule has 0 saturated carbocycles. The number of nitro groups is 1. The number of rotatable bonds is 4. The summed E-state index contributed by atoms with van der Waals surface area (Å²) in [6.07, 6.45) is 0. The molecule has 1 N–H and O–H groups in total. The zero-order valence-corrected chi connectivity index (χ0v) is 12.6. The quantitative estimate of drug-likeness (QED) is 0.675. The number of benzene rings is 2. The number of nitrogens with zero attached hydrogens (tertiary/aromatic N) is 1. The summed E-state index contributed by atoms with van der Waals surface area (Å²) in [5.74, 6) is -2.15. The third-order valence-corrected chi connectivity index (χ3v) is 3.50. The Morgan fingerprint density at radius 1 is 1.26 bits per heavy atom. The highest BCUT2D eigenvalue weighted by atomic mass is 35.5. The predicted molar refractivity (Wildman–Crippen MR) is 80.3 cm³/mol. The van der Waals surface area contributed by atoms with Gasteiger partial charge in [-0.1, -0.05) is 17.7 Å². The monoisotopic (exact) mass is 340 g/mol. The smallest absolute Gasteiger partial charge is 0.288 e. The second-order valence-electron chi connectivity index (χ2n) is 4.78. The summed E-state index contributed by atoms with van der Waals surface area (Å²) in [5.41, 5.74) is -0.293. The molecule has 8 heteroatoms. The van der Waals surface area contributed by atoms with Crippen molar-refractivity contribution < 1.29 is 18.5 Å². The lowest BCUT2D eigenvalue weighted by Gasteiger charge is -2.15. The first-order valence-electron chi connectivity index (χ1n) is 6.49. The number of hydrogen-bond donors (Lipinski definition) is 1. The molecule has 0 aromatic heterocycles. The maximum atomic E-state index is 13.7. The molecule has 1 atom stereocenters. The van der Waals surface area contributed by atoms with E-state index in [2.05, 4.69) is 5.32 Å². The van der Waals surface area contributed by atoms with E-state index in [9.17, 15) is 23.7 Å². The van der Waals surface area contributed by atoms with E-state index in [1.807, 2.05) is 0 Å². The van der Waals surface area contributed by atoms with Gasteiger partial charge in [0.05, 0.1) is 11.0 Å². The Morgan fingerprint density at radius 3 is 2.57 bits per heavy atom. The fourth-order valence-corrected chi connectivity index (χ4v) is 2.19. The van der Waals surface area contributed by atoms with Crippen LogP contribution in [-0.4, -0.2) is 10.8 Å². The predicted octanol–water partition coefficient (Wildman–Crippen LogP) is 4.02. The molecule has 1 amide bonds. The molecule has 0 bridgehead atoms. The van der Waals surface area contributed by atoms with Crippen LogP contribution in [0.15, 0.2) is 36.4 Å². The molecule has 2 aromatic rings. The number of halogens is 3. The van der Waals surface area contributed by atoms with Crippen LogP contribution >= 0.6 is 11.6 Å². The lowest BCUT2D eigenvalue weighted by atomic mass is 10.1. The minimum absolute atomic E-state index is 0.00969. The minimum atomic E-state index is -0.792. The number of nitrogens with one attached hydrogen (secondary N) is 1.